The summed E-state index contributed by atoms with van der Waals surface area (Å²) in [7, 11) is 0. The quantitative estimate of drug-likeness (QED) is 0.0974. The molecule has 6 rings (SSSR count). The molecule has 0 amide bonds. The molecule has 0 bridgehead atoms. The minimum absolute atomic E-state index is 0.444. The Bertz CT molecular complexity index is 1360. The normalized spacial score (nSPS) is 17.4. The van der Waals surface area contributed by atoms with Crippen LogP contribution in [0, 0.1) is 11.8 Å². The molecule has 2 aliphatic carbocycles. The summed E-state index contributed by atoms with van der Waals surface area (Å²) in [5.74, 6) is 3.33. The highest BCUT2D eigenvalue weighted by Crippen LogP contribution is 2.36. The maximum Gasteiger partial charge on any atom is 0.267 e. The Morgan fingerprint density at radius 1 is 0.553 bits per heavy atom. The molecule has 2 heterocycles. The van der Waals surface area contributed by atoms with Crippen LogP contribution < -0.4 is 0 Å². The highest BCUT2D eigenvalue weighted by Gasteiger charge is 2.26. The number of benzene rings is 2. The van der Waals surface area contributed by atoms with E-state index in [1.807, 2.05) is 12.4 Å². The van der Waals surface area contributed by atoms with Gasteiger partial charge in [0, 0.05) is 23.5 Å². The number of aromatic nitrogens is 2. The summed E-state index contributed by atoms with van der Waals surface area (Å²) in [6, 6.07) is 17.5. The van der Waals surface area contributed by atoms with E-state index in [0.717, 1.165) is 41.4 Å². The van der Waals surface area contributed by atoms with Crippen molar-refractivity contribution in [1.29, 1.82) is 0 Å². The molecule has 3 aliphatic rings. The van der Waals surface area contributed by atoms with Crippen molar-refractivity contribution in [2.45, 2.75) is 148 Å². The van der Waals surface area contributed by atoms with Gasteiger partial charge in [0.25, 0.3) is 6.29 Å². The van der Waals surface area contributed by atoms with Gasteiger partial charge in [0.2, 0.25) is 5.76 Å². The first-order valence-electron chi connectivity index (χ1n) is 19.3. The van der Waals surface area contributed by atoms with Gasteiger partial charge < -0.3 is 9.47 Å². The third kappa shape index (κ3) is 11.5. The summed E-state index contributed by atoms with van der Waals surface area (Å²) in [4.78, 5) is 9.28. The summed E-state index contributed by atoms with van der Waals surface area (Å²) in [6.07, 6.45) is 35.4. The summed E-state index contributed by atoms with van der Waals surface area (Å²) < 4.78 is 12.2. The molecular weight excluding hydrogens is 576 g/mol. The second kappa shape index (κ2) is 18.4. The van der Waals surface area contributed by atoms with E-state index in [4.69, 9.17) is 9.47 Å². The predicted molar refractivity (Wildman–Crippen MR) is 194 cm³/mol. The molecule has 1 aromatic heterocycles. The number of unbranched alkanes of at least 4 members (excludes halogenated alkanes) is 12. The van der Waals surface area contributed by atoms with Crippen molar-refractivity contribution < 1.29 is 9.47 Å². The molecule has 4 heteroatoms. The Morgan fingerprint density at radius 2 is 1.11 bits per heavy atom. The monoisotopic (exact) mass is 634 g/mol. The minimum atomic E-state index is -0.444. The van der Waals surface area contributed by atoms with Gasteiger partial charge in [-0.05, 0) is 54.2 Å². The number of rotatable bonds is 23. The van der Waals surface area contributed by atoms with Gasteiger partial charge in [-0.3, -0.25) is 0 Å². The first kappa shape index (κ1) is 33.7. The van der Waals surface area contributed by atoms with Gasteiger partial charge in [-0.2, -0.15) is 0 Å². The van der Waals surface area contributed by atoms with Gasteiger partial charge in [-0.1, -0.05) is 164 Å². The van der Waals surface area contributed by atoms with Crippen LogP contribution in [-0.4, -0.2) is 9.97 Å². The lowest BCUT2D eigenvalue weighted by Gasteiger charge is -2.16. The van der Waals surface area contributed by atoms with Crippen molar-refractivity contribution >= 4 is 5.76 Å². The third-order valence-electron chi connectivity index (χ3n) is 10.5. The van der Waals surface area contributed by atoms with Crippen molar-refractivity contribution in [3.8, 4) is 11.1 Å². The van der Waals surface area contributed by atoms with E-state index < -0.39 is 6.29 Å². The second-order valence-electron chi connectivity index (χ2n) is 14.7. The van der Waals surface area contributed by atoms with Crippen LogP contribution in [0.1, 0.15) is 157 Å². The van der Waals surface area contributed by atoms with Crippen molar-refractivity contribution in [3.63, 3.8) is 0 Å². The maximum absolute atomic E-state index is 6.24. The lowest BCUT2D eigenvalue weighted by Crippen LogP contribution is -2.04. The highest BCUT2D eigenvalue weighted by molar-refractivity contribution is 5.63. The highest BCUT2D eigenvalue weighted by atomic mass is 16.7. The fourth-order valence-corrected chi connectivity index (χ4v) is 7.09. The van der Waals surface area contributed by atoms with E-state index in [1.54, 1.807) is 6.26 Å². The van der Waals surface area contributed by atoms with Gasteiger partial charge in [-0.25, -0.2) is 9.97 Å². The lowest BCUT2D eigenvalue weighted by atomic mass is 9.99. The molecule has 4 nitrogen and oxygen atoms in total. The molecule has 0 spiro atoms. The van der Waals surface area contributed by atoms with Gasteiger partial charge in [-0.15, -0.1) is 0 Å². The molecular formula is C43H58N2O2. The number of nitrogens with zero attached hydrogens (tertiary/aromatic N) is 2. The van der Waals surface area contributed by atoms with Crippen molar-refractivity contribution in [1.82, 2.24) is 9.97 Å². The third-order valence-corrected chi connectivity index (χ3v) is 10.5. The van der Waals surface area contributed by atoms with Crippen LogP contribution in [-0.2, 0) is 22.3 Å². The minimum Gasteiger partial charge on any atom is -0.454 e. The molecule has 3 aromatic rings. The maximum atomic E-state index is 6.24. The predicted octanol–water partition coefficient (Wildman–Crippen LogP) is 12.3. The smallest absolute Gasteiger partial charge is 0.267 e. The molecule has 1 unspecified atom stereocenters. The first-order chi connectivity index (χ1) is 23.3. The first-order valence-corrected chi connectivity index (χ1v) is 19.3. The largest absolute Gasteiger partial charge is 0.454 e. The van der Waals surface area contributed by atoms with Gasteiger partial charge in [0.05, 0.1) is 0 Å². The standard InChI is InChI=1S/C43H58N2O2/c1(3-7-11-17-34-23-24-34)4-9-13-19-36-27-29-37(30-28-36)39-31-44-42(45-32-39)41-33-46-43(47-41)40-22-16-15-21-38(40)20-14-10-6-2-5-8-12-18-35-25-26-35/h15-16,21-22,27-35,43H,1-14,17-20,23-26H2. The van der Waals surface area contributed by atoms with Crippen LogP contribution in [0.3, 0.4) is 0 Å². The number of ether oxygens (including phenoxy) is 2. The Kier molecular flexibility index (Phi) is 13.2. The molecule has 0 saturated heterocycles. The molecule has 2 fully saturated rings. The molecule has 0 N–H and O–H groups in total. The van der Waals surface area contributed by atoms with Gasteiger partial charge in [0.1, 0.15) is 6.26 Å². The SMILES string of the molecule is C1=C(c2ncc(-c3ccc(CCCCCCCCCC4CC4)cc3)cn2)OC(c2ccccc2CCCCCCCCCC2CC2)O1. The summed E-state index contributed by atoms with van der Waals surface area (Å²) in [5.41, 5.74) is 5.99. The molecule has 2 aromatic carbocycles. The Morgan fingerprint density at radius 3 is 1.72 bits per heavy atom. The van der Waals surface area contributed by atoms with Crippen molar-refractivity contribution in [2.24, 2.45) is 11.8 Å². The zero-order valence-electron chi connectivity index (χ0n) is 28.9. The van der Waals surface area contributed by atoms with Crippen LogP contribution >= 0.6 is 0 Å². The Hall–Kier alpha value is -3.14. The molecule has 47 heavy (non-hydrogen) atoms. The molecule has 2 saturated carbocycles. The molecule has 1 aliphatic heterocycles. The van der Waals surface area contributed by atoms with Gasteiger partial charge >= 0.3 is 0 Å². The van der Waals surface area contributed by atoms with Crippen molar-refractivity contribution in [3.05, 3.63) is 89.7 Å². The molecule has 252 valence electrons. The van der Waals surface area contributed by atoms with Crippen molar-refractivity contribution in [2.75, 3.05) is 0 Å². The zero-order chi connectivity index (χ0) is 31.9. The Balaban J connectivity index is 0.879. The average molecular weight is 635 g/mol. The van der Waals surface area contributed by atoms with Gasteiger partial charge in [0.15, 0.2) is 5.82 Å². The fraction of sp³-hybridized carbons (Fsp3) is 0.581. The molecule has 0 radical (unpaired) electrons. The van der Waals surface area contributed by atoms with E-state index in [9.17, 15) is 0 Å². The number of hydrogen-bond acceptors (Lipinski definition) is 4. The zero-order valence-corrected chi connectivity index (χ0v) is 28.9. The fourth-order valence-electron chi connectivity index (χ4n) is 7.09. The van der Waals surface area contributed by atoms with E-state index in [-0.39, 0.29) is 0 Å². The number of hydrogen-bond donors (Lipinski definition) is 0. The summed E-state index contributed by atoms with van der Waals surface area (Å²) >= 11 is 0. The van der Waals surface area contributed by atoms with Crippen LogP contribution in [0.25, 0.3) is 16.9 Å². The second-order valence-corrected chi connectivity index (χ2v) is 14.7. The molecule has 1 atom stereocenters. The van der Waals surface area contributed by atoms with Crippen LogP contribution in [0.2, 0.25) is 0 Å². The van der Waals surface area contributed by atoms with E-state index in [0.29, 0.717) is 11.6 Å². The Labute approximate surface area is 284 Å². The van der Waals surface area contributed by atoms with Crippen LogP contribution in [0.15, 0.2) is 67.2 Å². The average Bonchev–Trinajstić information content (AvgIpc) is 4.06. The van der Waals surface area contributed by atoms with Crippen LogP contribution in [0.5, 0.6) is 0 Å². The van der Waals surface area contributed by atoms with E-state index in [2.05, 4.69) is 58.5 Å². The van der Waals surface area contributed by atoms with Crippen LogP contribution in [0.4, 0.5) is 0 Å². The lowest BCUT2D eigenvalue weighted by molar-refractivity contribution is -0.0181. The summed E-state index contributed by atoms with van der Waals surface area (Å²) in [5, 5.41) is 0. The van der Waals surface area contributed by atoms with E-state index >= 15 is 0 Å². The van der Waals surface area contributed by atoms with E-state index in [1.165, 1.54) is 140 Å². The topological polar surface area (TPSA) is 44.2 Å². The number of aryl methyl sites for hydroxylation is 2. The summed E-state index contributed by atoms with van der Waals surface area (Å²) in [6.45, 7) is 0.